The Hall–Kier alpha value is -3.61. The summed E-state index contributed by atoms with van der Waals surface area (Å²) in [6, 6.07) is 12.3. The molecular formula is C28H32N2O5. The van der Waals surface area contributed by atoms with Crippen LogP contribution in [0.5, 0.6) is 5.75 Å². The number of amides is 1. The Morgan fingerprint density at radius 2 is 1.71 bits per heavy atom. The van der Waals surface area contributed by atoms with Gasteiger partial charge in [-0.25, -0.2) is 0 Å². The van der Waals surface area contributed by atoms with E-state index in [9.17, 15) is 14.9 Å². The third kappa shape index (κ3) is 4.81. The van der Waals surface area contributed by atoms with E-state index in [0.717, 1.165) is 12.8 Å². The number of nitrogens with one attached hydrogen (secondary N) is 1. The van der Waals surface area contributed by atoms with Crippen LogP contribution in [0.1, 0.15) is 79.1 Å². The molecule has 0 saturated carbocycles. The molecule has 4 rings (SSSR count). The van der Waals surface area contributed by atoms with Crippen molar-refractivity contribution >= 4 is 17.3 Å². The maximum atomic E-state index is 12.8. The Morgan fingerprint density at radius 3 is 2.34 bits per heavy atom. The summed E-state index contributed by atoms with van der Waals surface area (Å²) in [4.78, 5) is 23.6. The molecule has 35 heavy (non-hydrogen) atoms. The number of carbonyl (C=O) groups excluding carboxylic acids is 1. The Labute approximate surface area is 205 Å². The monoisotopic (exact) mass is 476 g/mol. The Balaban J connectivity index is 1.57. The van der Waals surface area contributed by atoms with Gasteiger partial charge in [0.15, 0.2) is 5.76 Å². The van der Waals surface area contributed by atoms with Crippen molar-refractivity contribution in [3.8, 4) is 5.75 Å². The summed E-state index contributed by atoms with van der Waals surface area (Å²) in [5.74, 6) is 0.550. The summed E-state index contributed by atoms with van der Waals surface area (Å²) >= 11 is 0. The first kappa shape index (κ1) is 24.5. The summed E-state index contributed by atoms with van der Waals surface area (Å²) in [5, 5.41) is 14.0. The number of nitrogens with zero attached hydrogens (tertiary/aromatic N) is 1. The zero-order chi connectivity index (χ0) is 25.5. The first-order valence-corrected chi connectivity index (χ1v) is 11.8. The predicted molar refractivity (Wildman–Crippen MR) is 136 cm³/mol. The third-order valence-electron chi connectivity index (χ3n) is 7.21. The van der Waals surface area contributed by atoms with Crippen molar-refractivity contribution in [2.24, 2.45) is 0 Å². The maximum absolute atomic E-state index is 12.8. The Morgan fingerprint density at radius 1 is 1.06 bits per heavy atom. The Kier molecular flexibility index (Phi) is 6.21. The second-order valence-electron chi connectivity index (χ2n) is 10.6. The fourth-order valence-corrected chi connectivity index (χ4v) is 4.82. The van der Waals surface area contributed by atoms with Crippen LogP contribution in [0, 0.1) is 17.0 Å². The van der Waals surface area contributed by atoms with E-state index in [1.165, 1.54) is 41.5 Å². The first-order valence-electron chi connectivity index (χ1n) is 11.8. The van der Waals surface area contributed by atoms with Crippen LogP contribution in [0.3, 0.4) is 0 Å². The topological polar surface area (TPSA) is 94.6 Å². The second-order valence-corrected chi connectivity index (χ2v) is 10.6. The number of rotatable bonds is 6. The van der Waals surface area contributed by atoms with Gasteiger partial charge < -0.3 is 14.5 Å². The lowest BCUT2D eigenvalue weighted by Gasteiger charge is -2.42. The molecule has 0 radical (unpaired) electrons. The van der Waals surface area contributed by atoms with Crippen LogP contribution in [0.25, 0.3) is 0 Å². The molecule has 3 aromatic rings. The smallest absolute Gasteiger partial charge is 0.296 e. The number of furan rings is 1. The molecule has 7 nitrogen and oxygen atoms in total. The van der Waals surface area contributed by atoms with Crippen molar-refractivity contribution in [3.63, 3.8) is 0 Å². The number of benzene rings is 2. The SMILES string of the molecule is COc1ccc(NC(=O)c2ccc(Cc3cc4c(cc3C)C(C)(C)CCC4(C)C)o2)c([N+](=O)[O-])c1. The number of carbonyl (C=O) groups is 1. The number of hydrogen-bond donors (Lipinski definition) is 1. The van der Waals surface area contributed by atoms with E-state index in [1.54, 1.807) is 18.2 Å². The highest BCUT2D eigenvalue weighted by atomic mass is 16.6. The van der Waals surface area contributed by atoms with Crippen molar-refractivity contribution in [3.05, 3.63) is 86.4 Å². The lowest BCUT2D eigenvalue weighted by molar-refractivity contribution is -0.384. The molecule has 2 aromatic carbocycles. The zero-order valence-electron chi connectivity index (χ0n) is 21.2. The summed E-state index contributed by atoms with van der Waals surface area (Å²) < 4.78 is 10.9. The molecule has 1 aliphatic carbocycles. The van der Waals surface area contributed by atoms with E-state index in [1.807, 2.05) is 0 Å². The summed E-state index contributed by atoms with van der Waals surface area (Å²) in [5.41, 5.74) is 5.24. The molecule has 184 valence electrons. The van der Waals surface area contributed by atoms with E-state index < -0.39 is 10.8 Å². The van der Waals surface area contributed by atoms with Crippen molar-refractivity contribution in [1.29, 1.82) is 0 Å². The minimum atomic E-state index is -0.562. The molecule has 1 heterocycles. The number of aryl methyl sites for hydroxylation is 1. The molecule has 1 aliphatic rings. The molecule has 1 aromatic heterocycles. The minimum Gasteiger partial charge on any atom is -0.496 e. The maximum Gasteiger partial charge on any atom is 0.296 e. The van der Waals surface area contributed by atoms with Gasteiger partial charge in [0.2, 0.25) is 0 Å². The molecule has 0 bridgehead atoms. The van der Waals surface area contributed by atoms with E-state index in [-0.39, 0.29) is 28.0 Å². The van der Waals surface area contributed by atoms with Gasteiger partial charge in [0.05, 0.1) is 18.1 Å². The number of anilines is 1. The van der Waals surface area contributed by atoms with Crippen molar-refractivity contribution in [1.82, 2.24) is 0 Å². The van der Waals surface area contributed by atoms with E-state index in [4.69, 9.17) is 9.15 Å². The molecule has 0 spiro atoms. The normalized spacial score (nSPS) is 15.8. The van der Waals surface area contributed by atoms with Gasteiger partial charge in [-0.1, -0.05) is 39.8 Å². The molecule has 7 heteroatoms. The highest BCUT2D eigenvalue weighted by Crippen LogP contribution is 2.46. The number of nitro groups is 1. The van der Waals surface area contributed by atoms with Crippen LogP contribution >= 0.6 is 0 Å². The first-order chi connectivity index (χ1) is 16.4. The fraction of sp³-hybridized carbons (Fsp3) is 0.393. The Bertz CT molecular complexity index is 1300. The second kappa shape index (κ2) is 8.87. The quantitative estimate of drug-likeness (QED) is 0.316. The number of methoxy groups -OCH3 is 1. The van der Waals surface area contributed by atoms with Crippen LogP contribution in [-0.4, -0.2) is 17.9 Å². The average molecular weight is 477 g/mol. The summed E-state index contributed by atoms with van der Waals surface area (Å²) in [6.07, 6.45) is 2.86. The number of hydrogen-bond acceptors (Lipinski definition) is 5. The van der Waals surface area contributed by atoms with Gasteiger partial charge in [-0.15, -0.1) is 0 Å². The van der Waals surface area contributed by atoms with Gasteiger partial charge in [-0.2, -0.15) is 0 Å². The van der Waals surface area contributed by atoms with E-state index in [0.29, 0.717) is 17.9 Å². The zero-order valence-corrected chi connectivity index (χ0v) is 21.2. The summed E-state index contributed by atoms with van der Waals surface area (Å²) in [6.45, 7) is 11.3. The lowest BCUT2D eigenvalue weighted by Crippen LogP contribution is -2.34. The van der Waals surface area contributed by atoms with Gasteiger partial charge in [0.25, 0.3) is 11.6 Å². The van der Waals surface area contributed by atoms with Crippen LogP contribution in [0.4, 0.5) is 11.4 Å². The fourth-order valence-electron chi connectivity index (χ4n) is 4.82. The summed E-state index contributed by atoms with van der Waals surface area (Å²) in [7, 11) is 1.42. The molecule has 0 unspecified atom stereocenters. The molecule has 1 N–H and O–H groups in total. The molecule has 1 amide bonds. The standard InChI is InChI=1S/C28H32N2O5/c1-17-13-21-22(28(4,5)12-11-27(21,2)3)15-18(17)14-20-8-10-25(35-20)26(31)29-23-9-7-19(34-6)16-24(23)30(32)33/h7-10,13,15-16H,11-12,14H2,1-6H3,(H,29,31). The molecule has 0 fully saturated rings. The largest absolute Gasteiger partial charge is 0.496 e. The van der Waals surface area contributed by atoms with Gasteiger partial charge in [-0.05, 0) is 77.1 Å². The van der Waals surface area contributed by atoms with Gasteiger partial charge in [-0.3, -0.25) is 14.9 Å². The minimum absolute atomic E-state index is 0.0779. The molecular weight excluding hydrogens is 444 g/mol. The van der Waals surface area contributed by atoms with Crippen molar-refractivity contribution < 1.29 is 18.9 Å². The molecule has 0 aliphatic heterocycles. The number of fused-ring (bicyclic) bond motifs is 1. The van der Waals surface area contributed by atoms with E-state index in [2.05, 4.69) is 52.1 Å². The highest BCUT2D eigenvalue weighted by Gasteiger charge is 2.37. The third-order valence-corrected chi connectivity index (χ3v) is 7.21. The van der Waals surface area contributed by atoms with Crippen molar-refractivity contribution in [2.75, 3.05) is 12.4 Å². The van der Waals surface area contributed by atoms with Crippen LogP contribution < -0.4 is 10.1 Å². The van der Waals surface area contributed by atoms with Gasteiger partial charge in [0, 0.05) is 6.42 Å². The average Bonchev–Trinajstić information content (AvgIpc) is 3.27. The molecule has 0 saturated heterocycles. The number of ether oxygens (including phenoxy) is 1. The number of nitro benzene ring substituents is 1. The van der Waals surface area contributed by atoms with Gasteiger partial charge >= 0.3 is 0 Å². The van der Waals surface area contributed by atoms with Crippen molar-refractivity contribution in [2.45, 2.75) is 64.7 Å². The highest BCUT2D eigenvalue weighted by molar-refractivity contribution is 6.03. The lowest BCUT2D eigenvalue weighted by atomic mass is 9.62. The van der Waals surface area contributed by atoms with E-state index >= 15 is 0 Å². The van der Waals surface area contributed by atoms with Crippen LogP contribution in [0.15, 0.2) is 46.9 Å². The van der Waals surface area contributed by atoms with Gasteiger partial charge in [0.1, 0.15) is 17.2 Å². The predicted octanol–water partition coefficient (Wildman–Crippen LogP) is 6.70. The molecule has 0 atom stereocenters. The van der Waals surface area contributed by atoms with Crippen LogP contribution in [-0.2, 0) is 17.3 Å². The van der Waals surface area contributed by atoms with Crippen LogP contribution in [0.2, 0.25) is 0 Å².